The minimum absolute atomic E-state index is 0.137. The summed E-state index contributed by atoms with van der Waals surface area (Å²) in [4.78, 5) is 2.48. The average molecular weight is 318 g/mol. The van der Waals surface area contributed by atoms with Crippen molar-refractivity contribution in [1.82, 2.24) is 0 Å². The van der Waals surface area contributed by atoms with Crippen molar-refractivity contribution in [2.75, 3.05) is 0 Å². The van der Waals surface area contributed by atoms with Gasteiger partial charge in [0.05, 0.1) is 0 Å². The lowest BCUT2D eigenvalue weighted by molar-refractivity contribution is 0.738. The average Bonchev–Trinajstić information content (AvgIpc) is 2.89. The quantitative estimate of drug-likeness (QED) is 0.870. The van der Waals surface area contributed by atoms with E-state index in [-0.39, 0.29) is 6.04 Å². The van der Waals surface area contributed by atoms with E-state index < -0.39 is 0 Å². The molecule has 2 aromatic carbocycles. The van der Waals surface area contributed by atoms with E-state index in [1.165, 1.54) is 40.2 Å². The lowest BCUT2D eigenvalue weighted by atomic mass is 10.1. The van der Waals surface area contributed by atoms with E-state index in [9.17, 15) is 0 Å². The molecule has 0 saturated carbocycles. The van der Waals surface area contributed by atoms with Crippen LogP contribution in [0.3, 0.4) is 0 Å². The van der Waals surface area contributed by atoms with Crippen LogP contribution in [0.1, 0.15) is 30.0 Å². The van der Waals surface area contributed by atoms with Gasteiger partial charge in [0.25, 0.3) is 0 Å². The van der Waals surface area contributed by atoms with Gasteiger partial charge in [-0.2, -0.15) is 0 Å². The van der Waals surface area contributed by atoms with Gasteiger partial charge in [-0.3, -0.25) is 0 Å². The number of benzene rings is 2. The van der Waals surface area contributed by atoms with Gasteiger partial charge in [0.2, 0.25) is 0 Å². The molecule has 3 heteroatoms. The molecule has 1 atom stereocenters. The highest BCUT2D eigenvalue weighted by molar-refractivity contribution is 7.99. The Balaban J connectivity index is 1.77. The van der Waals surface area contributed by atoms with Gasteiger partial charge in [0.1, 0.15) is 0 Å². The smallest absolute Gasteiger partial charge is 0.0449 e. The molecule has 1 nitrogen and oxygen atoms in total. The lowest BCUT2D eigenvalue weighted by Gasteiger charge is -2.10. The van der Waals surface area contributed by atoms with Gasteiger partial charge in [0.15, 0.2) is 0 Å². The molecule has 0 heterocycles. The molecule has 0 aliphatic heterocycles. The monoisotopic (exact) mass is 317 g/mol. The normalized spacial score (nSPS) is 15.0. The summed E-state index contributed by atoms with van der Waals surface area (Å²) < 4.78 is 0. The van der Waals surface area contributed by atoms with Crippen LogP contribution < -0.4 is 5.73 Å². The summed E-state index contributed by atoms with van der Waals surface area (Å²) >= 11 is 8.14. The van der Waals surface area contributed by atoms with Crippen LogP contribution in [0.4, 0.5) is 0 Å². The Morgan fingerprint density at radius 3 is 2.57 bits per heavy atom. The molecule has 1 aliphatic carbocycles. The van der Waals surface area contributed by atoms with Crippen molar-refractivity contribution in [3.63, 3.8) is 0 Å². The van der Waals surface area contributed by atoms with Gasteiger partial charge < -0.3 is 5.73 Å². The van der Waals surface area contributed by atoms with Gasteiger partial charge in [-0.25, -0.2) is 0 Å². The van der Waals surface area contributed by atoms with Crippen molar-refractivity contribution < 1.29 is 0 Å². The van der Waals surface area contributed by atoms with Crippen LogP contribution in [0.25, 0.3) is 0 Å². The fraction of sp³-hybridized carbons (Fsp3) is 0.333. The second kappa shape index (κ2) is 6.43. The highest BCUT2D eigenvalue weighted by Crippen LogP contribution is 2.34. The van der Waals surface area contributed by atoms with Crippen LogP contribution in [0, 0.1) is 0 Å². The number of hydrogen-bond donors (Lipinski definition) is 1. The third-order valence-corrected chi connectivity index (χ3v) is 5.20. The molecule has 0 spiro atoms. The van der Waals surface area contributed by atoms with Gasteiger partial charge >= 0.3 is 0 Å². The van der Waals surface area contributed by atoms with Gasteiger partial charge in [0, 0.05) is 20.9 Å². The number of fused-ring (bicyclic) bond motifs is 1. The molecule has 0 aromatic heterocycles. The lowest BCUT2D eigenvalue weighted by Crippen LogP contribution is -2.17. The molecule has 2 N–H and O–H groups in total. The van der Waals surface area contributed by atoms with Crippen molar-refractivity contribution in [3.8, 4) is 0 Å². The van der Waals surface area contributed by atoms with E-state index in [4.69, 9.17) is 17.3 Å². The third-order valence-electron chi connectivity index (χ3n) is 3.87. The van der Waals surface area contributed by atoms with Crippen molar-refractivity contribution in [2.45, 2.75) is 48.4 Å². The zero-order chi connectivity index (χ0) is 14.8. The molecule has 3 rings (SSSR count). The molecule has 0 radical (unpaired) electrons. The van der Waals surface area contributed by atoms with Crippen LogP contribution >= 0.6 is 23.4 Å². The van der Waals surface area contributed by atoms with Gasteiger partial charge in [-0.05, 0) is 73.6 Å². The molecule has 21 heavy (non-hydrogen) atoms. The number of nitrogens with two attached hydrogens (primary N) is 1. The number of halogens is 1. The van der Waals surface area contributed by atoms with Crippen molar-refractivity contribution in [2.24, 2.45) is 5.73 Å². The largest absolute Gasteiger partial charge is 0.328 e. The third kappa shape index (κ3) is 3.63. The van der Waals surface area contributed by atoms with Crippen LogP contribution in [0.5, 0.6) is 0 Å². The summed E-state index contributed by atoms with van der Waals surface area (Å²) in [5.41, 5.74) is 10.0. The molecule has 0 bridgehead atoms. The molecular formula is C18H20ClNS. The molecule has 2 aromatic rings. The molecule has 1 aliphatic rings. The van der Waals surface area contributed by atoms with E-state index in [0.717, 1.165) is 17.0 Å². The first-order valence-electron chi connectivity index (χ1n) is 7.45. The number of aryl methyl sites for hydroxylation is 2. The summed E-state index contributed by atoms with van der Waals surface area (Å²) in [6.07, 6.45) is 4.57. The SMILES string of the molecule is CC(N)Cc1ccc(Sc2ccc3c(c2)CCC3)cc1Cl. The van der Waals surface area contributed by atoms with Crippen LogP contribution in [0.2, 0.25) is 5.02 Å². The van der Waals surface area contributed by atoms with Crippen molar-refractivity contribution in [1.29, 1.82) is 0 Å². The first kappa shape index (κ1) is 15.0. The summed E-state index contributed by atoms with van der Waals surface area (Å²) in [7, 11) is 0. The van der Waals surface area contributed by atoms with Crippen LogP contribution in [-0.2, 0) is 19.3 Å². The molecule has 0 amide bonds. The zero-order valence-electron chi connectivity index (χ0n) is 12.2. The Morgan fingerprint density at radius 2 is 1.81 bits per heavy atom. The first-order chi connectivity index (χ1) is 10.1. The minimum Gasteiger partial charge on any atom is -0.328 e. The summed E-state index contributed by atoms with van der Waals surface area (Å²) in [5.74, 6) is 0. The fourth-order valence-electron chi connectivity index (χ4n) is 2.85. The van der Waals surface area contributed by atoms with E-state index in [2.05, 4.69) is 36.4 Å². The minimum atomic E-state index is 0.137. The first-order valence-corrected chi connectivity index (χ1v) is 8.65. The maximum Gasteiger partial charge on any atom is 0.0449 e. The zero-order valence-corrected chi connectivity index (χ0v) is 13.8. The molecule has 110 valence electrons. The highest BCUT2D eigenvalue weighted by Gasteiger charge is 2.11. The fourth-order valence-corrected chi connectivity index (χ4v) is 4.10. The van der Waals surface area contributed by atoms with E-state index in [0.29, 0.717) is 0 Å². The number of hydrogen-bond acceptors (Lipinski definition) is 2. The summed E-state index contributed by atoms with van der Waals surface area (Å²) in [5, 5.41) is 0.818. The highest BCUT2D eigenvalue weighted by atomic mass is 35.5. The Hall–Kier alpha value is -0.960. The number of rotatable bonds is 4. The van der Waals surface area contributed by atoms with E-state index >= 15 is 0 Å². The Bertz CT molecular complexity index is 652. The standard InChI is InChI=1S/C18H20ClNS/c1-12(20)9-15-6-8-17(11-18(15)19)21-16-7-5-13-3-2-4-14(13)10-16/h5-8,10-12H,2-4,9,20H2,1H3. The second-order valence-corrected chi connectivity index (χ2v) is 7.37. The van der Waals surface area contributed by atoms with Crippen molar-refractivity contribution >= 4 is 23.4 Å². The molecular weight excluding hydrogens is 298 g/mol. The maximum absolute atomic E-state index is 6.36. The van der Waals surface area contributed by atoms with Crippen molar-refractivity contribution in [3.05, 3.63) is 58.1 Å². The molecule has 0 saturated heterocycles. The van der Waals surface area contributed by atoms with Crippen LogP contribution in [0.15, 0.2) is 46.2 Å². The topological polar surface area (TPSA) is 26.0 Å². The Morgan fingerprint density at radius 1 is 1.10 bits per heavy atom. The Kier molecular flexibility index (Phi) is 4.58. The van der Waals surface area contributed by atoms with Gasteiger partial charge in [-0.1, -0.05) is 35.5 Å². The van der Waals surface area contributed by atoms with E-state index in [1.54, 1.807) is 11.8 Å². The molecule has 0 fully saturated rings. The summed E-state index contributed by atoms with van der Waals surface area (Å²) in [6, 6.07) is 13.3. The second-order valence-electron chi connectivity index (χ2n) is 5.82. The van der Waals surface area contributed by atoms with Crippen LogP contribution in [-0.4, -0.2) is 6.04 Å². The van der Waals surface area contributed by atoms with Gasteiger partial charge in [-0.15, -0.1) is 0 Å². The predicted octanol–water partition coefficient (Wildman–Crippen LogP) is 4.87. The predicted molar refractivity (Wildman–Crippen MR) is 91.4 cm³/mol. The molecule has 1 unspecified atom stereocenters. The maximum atomic E-state index is 6.36. The van der Waals surface area contributed by atoms with E-state index in [1.807, 2.05) is 6.92 Å². The summed E-state index contributed by atoms with van der Waals surface area (Å²) in [6.45, 7) is 2.00. The Labute approximate surface area is 135 Å².